The van der Waals surface area contributed by atoms with Crippen LogP contribution in [0.5, 0.6) is 0 Å². The largest absolute Gasteiger partial charge is 0.390 e. The summed E-state index contributed by atoms with van der Waals surface area (Å²) in [6.07, 6.45) is 0. The number of halogens is 2. The number of benzene rings is 2. The number of aromatic nitrogens is 3. The van der Waals surface area contributed by atoms with Gasteiger partial charge in [-0.2, -0.15) is 5.10 Å². The van der Waals surface area contributed by atoms with Crippen LogP contribution in [0.15, 0.2) is 65.1 Å². The summed E-state index contributed by atoms with van der Waals surface area (Å²) in [6.45, 7) is 0. The Morgan fingerprint density at radius 1 is 1.11 bits per heavy atom. The van der Waals surface area contributed by atoms with Crippen molar-refractivity contribution in [2.75, 3.05) is 0 Å². The summed E-state index contributed by atoms with van der Waals surface area (Å²) in [4.78, 5) is 16.2. The molecule has 5 nitrogen and oxygen atoms in total. The van der Waals surface area contributed by atoms with E-state index in [2.05, 4.69) is 43.1 Å². The van der Waals surface area contributed by atoms with Gasteiger partial charge in [0, 0.05) is 34.6 Å². The lowest BCUT2D eigenvalue weighted by Crippen LogP contribution is -2.06. The molecule has 0 N–H and O–H groups in total. The smallest absolute Gasteiger partial charge is 0.368 e. The van der Waals surface area contributed by atoms with Crippen molar-refractivity contribution < 1.29 is 13.4 Å². The lowest BCUT2D eigenvalue weighted by molar-refractivity contribution is 0.0766. The number of thiol groups is 1. The summed E-state index contributed by atoms with van der Waals surface area (Å²) in [5.41, 5.74) is 2.66. The number of carbonyl (C=O) groups is 1. The van der Waals surface area contributed by atoms with E-state index in [-0.39, 0.29) is 5.69 Å². The summed E-state index contributed by atoms with van der Waals surface area (Å²) in [7, 11) is 0. The van der Waals surface area contributed by atoms with E-state index in [1.165, 1.54) is 6.07 Å². The second kappa shape index (κ2) is 7.13. The van der Waals surface area contributed by atoms with E-state index >= 15 is 0 Å². The average Bonchev–Trinajstić information content (AvgIpc) is 3.11. The molecule has 4 aromatic rings. The molecule has 0 bridgehead atoms. The molecule has 0 saturated carbocycles. The summed E-state index contributed by atoms with van der Waals surface area (Å²) in [5, 5.41) is 4.50. The molecule has 0 aliphatic heterocycles. The molecule has 0 unspecified atom stereocenters. The highest BCUT2D eigenvalue weighted by Crippen LogP contribution is 2.28. The van der Waals surface area contributed by atoms with Gasteiger partial charge in [0.1, 0.15) is 5.82 Å². The molecule has 2 heterocycles. The lowest BCUT2D eigenvalue weighted by atomic mass is 10.1. The molecule has 0 aliphatic rings. The van der Waals surface area contributed by atoms with Gasteiger partial charge in [0.15, 0.2) is 11.3 Å². The van der Waals surface area contributed by atoms with Crippen LogP contribution in [-0.4, -0.2) is 20.6 Å². The van der Waals surface area contributed by atoms with Crippen LogP contribution in [0.1, 0.15) is 10.5 Å². The third kappa shape index (κ3) is 3.33. The molecule has 2 aromatic carbocycles. The Hall–Kier alpha value is -2.71. The van der Waals surface area contributed by atoms with Crippen molar-refractivity contribution in [1.82, 2.24) is 14.6 Å². The average molecular weight is 444 g/mol. The van der Waals surface area contributed by atoms with E-state index in [0.717, 1.165) is 5.56 Å². The maximum atomic E-state index is 14.4. The molecule has 0 saturated heterocycles. The first-order valence-electron chi connectivity index (χ1n) is 7.84. The van der Waals surface area contributed by atoms with Gasteiger partial charge < -0.3 is 4.18 Å². The fourth-order valence-corrected chi connectivity index (χ4v) is 3.20. The van der Waals surface area contributed by atoms with Crippen LogP contribution >= 0.6 is 28.8 Å². The molecule has 0 amide bonds. The molecule has 8 heteroatoms. The van der Waals surface area contributed by atoms with Gasteiger partial charge in [0.05, 0.1) is 11.4 Å². The van der Waals surface area contributed by atoms with E-state index < -0.39 is 11.8 Å². The number of hydrogen-bond donors (Lipinski definition) is 1. The highest BCUT2D eigenvalue weighted by molar-refractivity contribution is 9.10. The van der Waals surface area contributed by atoms with Gasteiger partial charge in [-0.05, 0) is 24.3 Å². The van der Waals surface area contributed by atoms with Gasteiger partial charge in [-0.15, -0.1) is 0 Å². The second-order valence-corrected chi connectivity index (χ2v) is 6.79. The van der Waals surface area contributed by atoms with Gasteiger partial charge in [0.25, 0.3) is 0 Å². The normalized spacial score (nSPS) is 10.9. The van der Waals surface area contributed by atoms with Crippen molar-refractivity contribution in [3.8, 4) is 22.5 Å². The Bertz CT molecular complexity index is 1160. The summed E-state index contributed by atoms with van der Waals surface area (Å²) < 4.78 is 21.1. The number of hydrogen-bond acceptors (Lipinski definition) is 5. The Kier molecular flexibility index (Phi) is 4.67. The summed E-state index contributed by atoms with van der Waals surface area (Å²) >= 11 is 6.80. The van der Waals surface area contributed by atoms with E-state index in [1.807, 2.05) is 30.3 Å². The minimum Gasteiger partial charge on any atom is -0.390 e. The fourth-order valence-electron chi connectivity index (χ4n) is 2.77. The van der Waals surface area contributed by atoms with Crippen LogP contribution < -0.4 is 0 Å². The van der Waals surface area contributed by atoms with Gasteiger partial charge in [-0.1, -0.05) is 46.3 Å². The van der Waals surface area contributed by atoms with E-state index in [0.29, 0.717) is 27.1 Å². The monoisotopic (exact) mass is 443 g/mol. The first-order chi connectivity index (χ1) is 13.1. The maximum absolute atomic E-state index is 14.4. The second-order valence-electron chi connectivity index (χ2n) is 5.70. The predicted molar refractivity (Wildman–Crippen MR) is 106 cm³/mol. The van der Waals surface area contributed by atoms with Crippen molar-refractivity contribution in [3.05, 3.63) is 76.6 Å². The molecule has 0 spiro atoms. The van der Waals surface area contributed by atoms with E-state index in [9.17, 15) is 9.18 Å². The van der Waals surface area contributed by atoms with Crippen LogP contribution in [0.2, 0.25) is 0 Å². The lowest BCUT2D eigenvalue weighted by Gasteiger charge is -2.07. The molecule has 2 aromatic heterocycles. The molecule has 0 fully saturated rings. The minimum atomic E-state index is -0.685. The van der Waals surface area contributed by atoms with Gasteiger partial charge in [0.2, 0.25) is 0 Å². The van der Waals surface area contributed by atoms with Crippen LogP contribution in [0.4, 0.5) is 4.39 Å². The maximum Gasteiger partial charge on any atom is 0.368 e. The van der Waals surface area contributed by atoms with Gasteiger partial charge >= 0.3 is 5.97 Å². The third-order valence-electron chi connectivity index (χ3n) is 4.00. The highest BCUT2D eigenvalue weighted by atomic mass is 79.9. The first kappa shape index (κ1) is 17.7. The molecule has 4 rings (SSSR count). The van der Waals surface area contributed by atoms with Crippen molar-refractivity contribution in [2.24, 2.45) is 0 Å². The topological polar surface area (TPSA) is 56.5 Å². The quantitative estimate of drug-likeness (QED) is 0.358. The predicted octanol–water partition coefficient (Wildman–Crippen LogP) is 4.97. The number of rotatable bonds is 3. The van der Waals surface area contributed by atoms with Crippen LogP contribution in [0, 0.1) is 5.82 Å². The molecule has 27 heavy (non-hydrogen) atoms. The fraction of sp³-hybridized carbons (Fsp3) is 0. The Morgan fingerprint density at radius 2 is 1.89 bits per heavy atom. The first-order valence-corrected chi connectivity index (χ1v) is 9.00. The number of carbonyl (C=O) groups excluding carboxylic acids is 1. The molecule has 0 radical (unpaired) electrons. The minimum absolute atomic E-state index is 0.0825. The molecular weight excluding hydrogens is 433 g/mol. The highest BCUT2D eigenvalue weighted by Gasteiger charge is 2.18. The van der Waals surface area contributed by atoms with Crippen LogP contribution in [-0.2, 0) is 4.18 Å². The van der Waals surface area contributed by atoms with Crippen molar-refractivity contribution in [2.45, 2.75) is 0 Å². The molecule has 0 aliphatic carbocycles. The molecule has 134 valence electrons. The zero-order valence-corrected chi connectivity index (χ0v) is 16.1. The Balaban J connectivity index is 1.97. The zero-order valence-electron chi connectivity index (χ0n) is 13.6. The standard InChI is InChI=1S/C19H11BrFN3O2S/c20-12-6-7-13(14(21)8-12)15-10-18-22-16(19(25)26-27)9-17(24(18)23-15)11-4-2-1-3-5-11/h1-10,27H. The Morgan fingerprint density at radius 3 is 2.59 bits per heavy atom. The van der Waals surface area contributed by atoms with Crippen LogP contribution in [0.25, 0.3) is 28.2 Å². The SMILES string of the molecule is O=C(OS)c1cc(-c2ccccc2)n2nc(-c3ccc(Br)cc3F)cc2n1. The van der Waals surface area contributed by atoms with Crippen molar-refractivity contribution in [1.29, 1.82) is 0 Å². The van der Waals surface area contributed by atoms with Crippen molar-refractivity contribution >= 4 is 40.5 Å². The van der Waals surface area contributed by atoms with Crippen LogP contribution in [0.3, 0.4) is 0 Å². The zero-order chi connectivity index (χ0) is 19.0. The Labute approximate surface area is 167 Å². The van der Waals surface area contributed by atoms with Gasteiger partial charge in [-0.3, -0.25) is 0 Å². The van der Waals surface area contributed by atoms with Crippen molar-refractivity contribution in [3.63, 3.8) is 0 Å². The van der Waals surface area contributed by atoms with E-state index in [4.69, 9.17) is 0 Å². The van der Waals surface area contributed by atoms with E-state index in [1.54, 1.807) is 28.8 Å². The summed E-state index contributed by atoms with van der Waals surface area (Å²) in [5.74, 6) is -1.10. The third-order valence-corrected chi connectivity index (χ3v) is 4.65. The number of nitrogens with zero attached hydrogens (tertiary/aromatic N) is 3. The molecule has 0 atom stereocenters. The van der Waals surface area contributed by atoms with Gasteiger partial charge in [-0.25, -0.2) is 18.7 Å². The summed E-state index contributed by atoms with van der Waals surface area (Å²) in [6, 6.07) is 17.3. The number of fused-ring (bicyclic) bond motifs is 1. The molecular formula is C19H11BrFN3O2S.